The summed E-state index contributed by atoms with van der Waals surface area (Å²) in [6.07, 6.45) is 4.81. The third-order valence-corrected chi connectivity index (χ3v) is 3.84. The van der Waals surface area contributed by atoms with Gasteiger partial charge in [0.25, 0.3) is 0 Å². The van der Waals surface area contributed by atoms with Crippen LogP contribution in [0.25, 0.3) is 12.2 Å². The number of primary amides is 1. The van der Waals surface area contributed by atoms with E-state index in [2.05, 4.69) is 0 Å². The van der Waals surface area contributed by atoms with E-state index in [1.807, 2.05) is 54.6 Å². The van der Waals surface area contributed by atoms with E-state index in [-0.39, 0.29) is 18.4 Å². The number of nitrogens with zero attached hydrogens (tertiary/aromatic N) is 1. The molecule has 2 aromatic rings. The summed E-state index contributed by atoms with van der Waals surface area (Å²) in [7, 11) is 0. The van der Waals surface area contributed by atoms with Crippen molar-refractivity contribution in [2.24, 2.45) is 11.7 Å². The summed E-state index contributed by atoms with van der Waals surface area (Å²) in [6, 6.07) is 13.1. The average Bonchev–Trinajstić information content (AvgIpc) is 3.12. The minimum absolute atomic E-state index is 0.203. The van der Waals surface area contributed by atoms with Crippen molar-refractivity contribution >= 4 is 18.2 Å². The lowest BCUT2D eigenvalue weighted by Gasteiger charge is -2.10. The first-order chi connectivity index (χ1) is 10.6. The molecule has 2 amide bonds. The minimum atomic E-state index is -0.823. The number of carbonyl (C=O) groups is 1. The Balaban J connectivity index is 1.59. The molecule has 1 fully saturated rings. The Bertz CT molecular complexity index is 678. The van der Waals surface area contributed by atoms with Crippen molar-refractivity contribution in [3.8, 4) is 0 Å². The molecule has 0 aliphatic heterocycles. The number of hydrogen-bond acceptors (Lipinski definition) is 3. The molecule has 0 spiro atoms. The zero-order chi connectivity index (χ0) is 15.5. The highest BCUT2D eigenvalue weighted by molar-refractivity contribution is 5.70. The van der Waals surface area contributed by atoms with Gasteiger partial charge in [-0.1, -0.05) is 36.4 Å². The summed E-state index contributed by atoms with van der Waals surface area (Å²) < 4.78 is 5.80. The van der Waals surface area contributed by atoms with Crippen LogP contribution in [-0.4, -0.2) is 22.8 Å². The Morgan fingerprint density at radius 1 is 1.27 bits per heavy atom. The Labute approximate surface area is 128 Å². The monoisotopic (exact) mass is 298 g/mol. The van der Waals surface area contributed by atoms with Gasteiger partial charge in [-0.05, 0) is 36.1 Å². The van der Waals surface area contributed by atoms with Crippen LogP contribution >= 0.6 is 0 Å². The van der Waals surface area contributed by atoms with Crippen LogP contribution in [0.5, 0.6) is 0 Å². The highest BCUT2D eigenvalue weighted by Gasteiger charge is 2.42. The molecular weight excluding hydrogens is 280 g/mol. The van der Waals surface area contributed by atoms with Crippen molar-refractivity contribution in [2.75, 3.05) is 6.54 Å². The van der Waals surface area contributed by atoms with Gasteiger partial charge in [0.15, 0.2) is 0 Å². The van der Waals surface area contributed by atoms with Gasteiger partial charge in [-0.2, -0.15) is 0 Å². The first-order valence-electron chi connectivity index (χ1n) is 7.22. The number of hydroxylamine groups is 2. The summed E-state index contributed by atoms with van der Waals surface area (Å²) in [4.78, 5) is 10.8. The molecule has 2 atom stereocenters. The van der Waals surface area contributed by atoms with Gasteiger partial charge in [0.05, 0.1) is 6.54 Å². The average molecular weight is 298 g/mol. The molecule has 114 valence electrons. The van der Waals surface area contributed by atoms with E-state index < -0.39 is 6.03 Å². The molecule has 5 heteroatoms. The smallest absolute Gasteiger partial charge is 0.338 e. The van der Waals surface area contributed by atoms with E-state index in [1.54, 1.807) is 0 Å². The first kappa shape index (κ1) is 14.4. The normalized spacial score (nSPS) is 20.2. The number of rotatable bonds is 5. The maximum Gasteiger partial charge on any atom is 0.338 e. The molecule has 0 radical (unpaired) electrons. The van der Waals surface area contributed by atoms with Crippen LogP contribution in [0.3, 0.4) is 0 Å². The van der Waals surface area contributed by atoms with Gasteiger partial charge in [-0.15, -0.1) is 0 Å². The van der Waals surface area contributed by atoms with Crippen LogP contribution in [0.4, 0.5) is 4.79 Å². The van der Waals surface area contributed by atoms with Crippen molar-refractivity contribution in [3.63, 3.8) is 0 Å². The van der Waals surface area contributed by atoms with E-state index in [9.17, 15) is 10.0 Å². The van der Waals surface area contributed by atoms with Crippen molar-refractivity contribution < 1.29 is 14.4 Å². The molecule has 1 heterocycles. The van der Waals surface area contributed by atoms with E-state index in [1.165, 1.54) is 0 Å². The second-order valence-corrected chi connectivity index (χ2v) is 5.51. The second kappa shape index (κ2) is 6.07. The largest absolute Gasteiger partial charge is 0.461 e. The van der Waals surface area contributed by atoms with Crippen LogP contribution in [0.2, 0.25) is 0 Å². The molecule has 22 heavy (non-hydrogen) atoms. The summed E-state index contributed by atoms with van der Waals surface area (Å²) in [5, 5.41) is 9.89. The third kappa shape index (κ3) is 3.38. The van der Waals surface area contributed by atoms with Crippen molar-refractivity contribution in [3.05, 3.63) is 59.5 Å². The number of carbonyl (C=O) groups excluding carboxylic acids is 1. The lowest BCUT2D eigenvalue weighted by molar-refractivity contribution is -0.0433. The van der Waals surface area contributed by atoms with Gasteiger partial charge in [-0.25, -0.2) is 9.86 Å². The Morgan fingerprint density at radius 2 is 2.05 bits per heavy atom. The lowest BCUT2D eigenvalue weighted by atomic mass is 10.2. The number of urea groups is 1. The van der Waals surface area contributed by atoms with Crippen LogP contribution in [0.15, 0.2) is 46.9 Å². The van der Waals surface area contributed by atoms with Gasteiger partial charge in [-0.3, -0.25) is 5.21 Å². The predicted octanol–water partition coefficient (Wildman–Crippen LogP) is 3.32. The first-order valence-corrected chi connectivity index (χ1v) is 7.22. The molecule has 1 aromatic carbocycles. The molecule has 0 saturated heterocycles. The molecule has 1 aromatic heterocycles. The van der Waals surface area contributed by atoms with Crippen molar-refractivity contribution in [1.82, 2.24) is 5.06 Å². The lowest BCUT2D eigenvalue weighted by Crippen LogP contribution is -2.34. The number of furan rings is 1. The number of hydrogen-bond donors (Lipinski definition) is 2. The highest BCUT2D eigenvalue weighted by atomic mass is 16.5. The third-order valence-electron chi connectivity index (χ3n) is 3.84. The Morgan fingerprint density at radius 3 is 2.77 bits per heavy atom. The molecule has 1 aliphatic carbocycles. The fourth-order valence-corrected chi connectivity index (χ4v) is 2.51. The Hall–Kier alpha value is -2.53. The molecule has 1 aliphatic rings. The van der Waals surface area contributed by atoms with Crippen LogP contribution in [0, 0.1) is 5.92 Å². The zero-order valence-electron chi connectivity index (χ0n) is 12.1. The van der Waals surface area contributed by atoms with E-state index in [0.717, 1.165) is 23.5 Å². The maximum atomic E-state index is 10.8. The highest BCUT2D eigenvalue weighted by Crippen LogP contribution is 2.48. The van der Waals surface area contributed by atoms with E-state index in [4.69, 9.17) is 10.2 Å². The number of benzene rings is 1. The van der Waals surface area contributed by atoms with Crippen LogP contribution < -0.4 is 5.73 Å². The summed E-state index contributed by atoms with van der Waals surface area (Å²) in [6.45, 7) is 0.246. The van der Waals surface area contributed by atoms with Gasteiger partial charge >= 0.3 is 6.03 Å². The fraction of sp³-hybridized carbons (Fsp3) is 0.235. The standard InChI is InChI=1S/C17H18N2O3/c18-17(20)19(21)11-13-10-15(13)16-9-8-14(22-16)7-6-12-4-2-1-3-5-12/h1-9,13,15,21H,10-11H2,(H2,18,20)/b7-6+. The van der Waals surface area contributed by atoms with Crippen LogP contribution in [-0.2, 0) is 0 Å². The van der Waals surface area contributed by atoms with Gasteiger partial charge in [0.1, 0.15) is 11.5 Å². The predicted molar refractivity (Wildman–Crippen MR) is 83.0 cm³/mol. The number of amides is 2. The number of nitrogens with two attached hydrogens (primary N) is 1. The summed E-state index contributed by atoms with van der Waals surface area (Å²) in [5.41, 5.74) is 6.11. The van der Waals surface area contributed by atoms with E-state index >= 15 is 0 Å². The zero-order valence-corrected chi connectivity index (χ0v) is 12.1. The van der Waals surface area contributed by atoms with Gasteiger partial charge < -0.3 is 10.2 Å². The SMILES string of the molecule is NC(=O)N(O)CC1CC1c1ccc(/C=C/c2ccccc2)o1. The fourth-order valence-electron chi connectivity index (χ4n) is 2.51. The molecule has 2 unspecified atom stereocenters. The topological polar surface area (TPSA) is 79.7 Å². The van der Waals surface area contributed by atoms with Crippen molar-refractivity contribution in [2.45, 2.75) is 12.3 Å². The van der Waals surface area contributed by atoms with Gasteiger partial charge in [0, 0.05) is 5.92 Å². The molecule has 3 N–H and O–H groups in total. The summed E-state index contributed by atoms with van der Waals surface area (Å²) in [5.74, 6) is 2.12. The summed E-state index contributed by atoms with van der Waals surface area (Å²) >= 11 is 0. The van der Waals surface area contributed by atoms with Crippen molar-refractivity contribution in [1.29, 1.82) is 0 Å². The molecule has 1 saturated carbocycles. The Kier molecular flexibility index (Phi) is 3.98. The molecule has 5 nitrogen and oxygen atoms in total. The van der Waals surface area contributed by atoms with Gasteiger partial charge in [0.2, 0.25) is 0 Å². The molecule has 3 rings (SSSR count). The minimum Gasteiger partial charge on any atom is -0.461 e. The van der Waals surface area contributed by atoms with Crippen LogP contribution in [0.1, 0.15) is 29.4 Å². The maximum absolute atomic E-state index is 10.8. The quantitative estimate of drug-likeness (QED) is 0.656. The molecule has 0 bridgehead atoms. The molecular formula is C17H18N2O3. The van der Waals surface area contributed by atoms with E-state index in [0.29, 0.717) is 5.06 Å². The second-order valence-electron chi connectivity index (χ2n) is 5.51.